The van der Waals surface area contributed by atoms with Gasteiger partial charge in [-0.2, -0.15) is 0 Å². The minimum atomic E-state index is -1.58. The Labute approximate surface area is 116 Å². The molecule has 0 aromatic heterocycles. The molecular weight excluding hydrogens is 236 g/mol. The van der Waals surface area contributed by atoms with Crippen molar-refractivity contribution in [3.05, 3.63) is 12.3 Å². The summed E-state index contributed by atoms with van der Waals surface area (Å²) in [5.41, 5.74) is 0. The summed E-state index contributed by atoms with van der Waals surface area (Å²) in [4.78, 5) is 0. The lowest BCUT2D eigenvalue weighted by molar-refractivity contribution is 0.428. The Bertz CT molecular complexity index is 226. The first-order valence-electron chi connectivity index (χ1n) is 7.64. The average molecular weight is 271 g/mol. The quantitative estimate of drug-likeness (QED) is 0.272. The molecule has 0 spiro atoms. The van der Waals surface area contributed by atoms with Crippen LogP contribution in [0.3, 0.4) is 0 Å². The van der Waals surface area contributed by atoms with Crippen molar-refractivity contribution in [2.75, 3.05) is 0 Å². The van der Waals surface area contributed by atoms with E-state index in [1.54, 1.807) is 0 Å². The molecule has 0 rings (SSSR count). The van der Waals surface area contributed by atoms with Gasteiger partial charge in [0.1, 0.15) is 0 Å². The lowest BCUT2D eigenvalue weighted by atomic mass is 10.1. The summed E-state index contributed by atoms with van der Waals surface area (Å²) < 4.78 is 6.00. The van der Waals surface area contributed by atoms with Crippen molar-refractivity contribution >= 4 is 8.32 Å². The molecule has 2 heteroatoms. The minimum absolute atomic E-state index is 0.303. The van der Waals surface area contributed by atoms with E-state index in [2.05, 4.69) is 46.9 Å². The molecule has 0 fully saturated rings. The molecule has 0 aromatic rings. The van der Waals surface area contributed by atoms with Crippen molar-refractivity contribution in [3.8, 4) is 0 Å². The van der Waals surface area contributed by atoms with Crippen LogP contribution < -0.4 is 0 Å². The molecule has 1 nitrogen and oxygen atoms in total. The van der Waals surface area contributed by atoms with Gasteiger partial charge in [0.2, 0.25) is 8.32 Å². The van der Waals surface area contributed by atoms with Crippen LogP contribution in [0.2, 0.25) is 18.1 Å². The Balaban J connectivity index is 3.60. The third-order valence-electron chi connectivity index (χ3n) is 3.99. The molecule has 0 unspecified atom stereocenters. The zero-order valence-corrected chi connectivity index (χ0v) is 14.5. The van der Waals surface area contributed by atoms with Crippen LogP contribution in [-0.4, -0.2) is 8.32 Å². The minimum Gasteiger partial charge on any atom is -0.549 e. The molecule has 0 atom stereocenters. The van der Waals surface area contributed by atoms with Gasteiger partial charge >= 0.3 is 0 Å². The Hall–Kier alpha value is -0.243. The summed E-state index contributed by atoms with van der Waals surface area (Å²) in [6.45, 7) is 13.7. The normalized spacial score (nSPS) is 13.2. The Morgan fingerprint density at radius 1 is 0.944 bits per heavy atom. The van der Waals surface area contributed by atoms with E-state index in [0.29, 0.717) is 5.04 Å². The van der Waals surface area contributed by atoms with Crippen LogP contribution in [0.25, 0.3) is 0 Å². The second-order valence-corrected chi connectivity index (χ2v) is 11.6. The van der Waals surface area contributed by atoms with Gasteiger partial charge < -0.3 is 4.43 Å². The standard InChI is InChI=1S/C16H34OSi/c1-7-8-9-10-11-12-13-14-15-17-18(5,6)16(2,3)4/h14-15H,7-13H2,1-6H3/b15-14+. The molecule has 0 amide bonds. The highest BCUT2D eigenvalue weighted by atomic mass is 28.4. The summed E-state index contributed by atoms with van der Waals surface area (Å²) in [6, 6.07) is 0. The molecule has 18 heavy (non-hydrogen) atoms. The Morgan fingerprint density at radius 3 is 2.06 bits per heavy atom. The maximum Gasteiger partial charge on any atom is 0.249 e. The number of hydrogen-bond acceptors (Lipinski definition) is 1. The van der Waals surface area contributed by atoms with Gasteiger partial charge in [0.15, 0.2) is 0 Å². The molecule has 0 aromatic carbocycles. The fourth-order valence-electron chi connectivity index (χ4n) is 1.51. The molecule has 0 heterocycles. The number of hydrogen-bond donors (Lipinski definition) is 0. The summed E-state index contributed by atoms with van der Waals surface area (Å²) >= 11 is 0. The van der Waals surface area contributed by atoms with E-state index in [1.807, 2.05) is 6.26 Å². The van der Waals surface area contributed by atoms with E-state index in [0.717, 1.165) is 0 Å². The summed E-state index contributed by atoms with van der Waals surface area (Å²) in [6.07, 6.45) is 13.5. The third-order valence-corrected chi connectivity index (χ3v) is 8.33. The Morgan fingerprint density at radius 2 is 1.50 bits per heavy atom. The molecule has 0 aliphatic carbocycles. The maximum atomic E-state index is 6.00. The van der Waals surface area contributed by atoms with E-state index >= 15 is 0 Å². The largest absolute Gasteiger partial charge is 0.549 e. The zero-order chi connectivity index (χ0) is 14.1. The monoisotopic (exact) mass is 270 g/mol. The molecular formula is C16H34OSi. The van der Waals surface area contributed by atoms with Crippen LogP contribution in [0.4, 0.5) is 0 Å². The first kappa shape index (κ1) is 17.8. The molecule has 108 valence electrons. The molecule has 0 saturated heterocycles. The Kier molecular flexibility index (Phi) is 8.67. The zero-order valence-electron chi connectivity index (χ0n) is 13.5. The second-order valence-electron chi connectivity index (χ2n) is 6.81. The van der Waals surface area contributed by atoms with Gasteiger partial charge in [0.05, 0.1) is 6.26 Å². The van der Waals surface area contributed by atoms with Crippen LogP contribution in [0, 0.1) is 0 Å². The van der Waals surface area contributed by atoms with E-state index in [4.69, 9.17) is 4.43 Å². The summed E-state index contributed by atoms with van der Waals surface area (Å²) in [5.74, 6) is 0. The van der Waals surface area contributed by atoms with Crippen molar-refractivity contribution < 1.29 is 4.43 Å². The molecule has 0 radical (unpaired) electrons. The van der Waals surface area contributed by atoms with E-state index in [1.165, 1.54) is 44.9 Å². The van der Waals surface area contributed by atoms with Gasteiger partial charge in [0, 0.05) is 0 Å². The smallest absolute Gasteiger partial charge is 0.249 e. The van der Waals surface area contributed by atoms with Crippen molar-refractivity contribution in [2.45, 2.75) is 90.8 Å². The highest BCUT2D eigenvalue weighted by molar-refractivity contribution is 6.74. The highest BCUT2D eigenvalue weighted by Crippen LogP contribution is 2.36. The fourth-order valence-corrected chi connectivity index (χ4v) is 2.30. The van der Waals surface area contributed by atoms with Gasteiger partial charge in [0.25, 0.3) is 0 Å². The van der Waals surface area contributed by atoms with Crippen molar-refractivity contribution in [1.29, 1.82) is 0 Å². The van der Waals surface area contributed by atoms with E-state index in [-0.39, 0.29) is 0 Å². The van der Waals surface area contributed by atoms with Crippen LogP contribution in [-0.2, 0) is 4.43 Å². The van der Waals surface area contributed by atoms with Crippen LogP contribution in [0.5, 0.6) is 0 Å². The number of unbranched alkanes of at least 4 members (excludes halogenated alkanes) is 6. The van der Waals surface area contributed by atoms with Gasteiger partial charge in [-0.05, 0) is 31.0 Å². The SMILES string of the molecule is CCCCCCCC/C=C/O[Si](C)(C)C(C)(C)C. The maximum absolute atomic E-state index is 6.00. The first-order valence-corrected chi connectivity index (χ1v) is 10.5. The van der Waals surface area contributed by atoms with Crippen LogP contribution in [0.15, 0.2) is 12.3 Å². The highest BCUT2D eigenvalue weighted by Gasteiger charge is 2.37. The van der Waals surface area contributed by atoms with Crippen molar-refractivity contribution in [2.24, 2.45) is 0 Å². The predicted molar refractivity (Wildman–Crippen MR) is 85.4 cm³/mol. The van der Waals surface area contributed by atoms with Crippen LogP contribution in [0.1, 0.15) is 72.6 Å². The number of rotatable bonds is 9. The van der Waals surface area contributed by atoms with Crippen molar-refractivity contribution in [1.82, 2.24) is 0 Å². The van der Waals surface area contributed by atoms with Crippen LogP contribution >= 0.6 is 0 Å². The average Bonchev–Trinajstić information content (AvgIpc) is 2.25. The van der Waals surface area contributed by atoms with Crippen molar-refractivity contribution in [3.63, 3.8) is 0 Å². The molecule has 0 aliphatic rings. The fraction of sp³-hybridized carbons (Fsp3) is 0.875. The summed E-state index contributed by atoms with van der Waals surface area (Å²) in [5, 5.41) is 0.303. The molecule has 0 N–H and O–H groups in total. The first-order chi connectivity index (χ1) is 8.31. The van der Waals surface area contributed by atoms with Gasteiger partial charge in [-0.15, -0.1) is 0 Å². The molecule has 0 bridgehead atoms. The lowest BCUT2D eigenvalue weighted by Crippen LogP contribution is -2.39. The molecule has 0 aliphatic heterocycles. The predicted octanol–water partition coefficient (Wildman–Crippen LogP) is 6.27. The van der Waals surface area contributed by atoms with E-state index < -0.39 is 8.32 Å². The number of allylic oxidation sites excluding steroid dienone is 1. The van der Waals surface area contributed by atoms with Gasteiger partial charge in [-0.1, -0.05) is 65.9 Å². The van der Waals surface area contributed by atoms with E-state index in [9.17, 15) is 0 Å². The second kappa shape index (κ2) is 8.79. The topological polar surface area (TPSA) is 9.23 Å². The summed E-state index contributed by atoms with van der Waals surface area (Å²) in [7, 11) is -1.58. The van der Waals surface area contributed by atoms with Gasteiger partial charge in [-0.25, -0.2) is 0 Å². The lowest BCUT2D eigenvalue weighted by Gasteiger charge is -2.34. The third kappa shape index (κ3) is 7.96. The molecule has 0 saturated carbocycles. The van der Waals surface area contributed by atoms with Gasteiger partial charge in [-0.3, -0.25) is 0 Å².